The Kier molecular flexibility index (Phi) is 3.25. The molecular weight excluding hydrogens is 309 g/mol. The Balaban J connectivity index is 2.35. The van der Waals surface area contributed by atoms with E-state index in [-0.39, 0.29) is 17.2 Å². The molecule has 0 amide bonds. The van der Waals surface area contributed by atoms with Crippen LogP contribution >= 0.6 is 11.5 Å². The number of rotatable bonds is 2. The maximum Gasteiger partial charge on any atom is 0.337 e. The Labute approximate surface area is 127 Å². The topological polar surface area (TPSA) is 74.0 Å². The van der Waals surface area contributed by atoms with Crippen LogP contribution in [0.25, 0.3) is 15.8 Å². The van der Waals surface area contributed by atoms with Gasteiger partial charge in [-0.15, -0.1) is 0 Å². The van der Waals surface area contributed by atoms with Crippen LogP contribution in [0.4, 0.5) is 4.39 Å². The lowest BCUT2D eigenvalue weighted by Crippen LogP contribution is -2.38. The third kappa shape index (κ3) is 2.08. The minimum atomic E-state index is -0.908. The summed E-state index contributed by atoms with van der Waals surface area (Å²) in [6.45, 7) is 1.39. The minimum Gasteiger partial charge on any atom is -0.293 e. The molecule has 0 saturated carbocycles. The van der Waals surface area contributed by atoms with Gasteiger partial charge in [0, 0.05) is 19.4 Å². The Morgan fingerprint density at radius 3 is 2.68 bits per heavy atom. The Bertz CT molecular complexity index is 1030. The molecular formula is C14H10FN3O3S. The number of halogens is 1. The van der Waals surface area contributed by atoms with Crippen molar-refractivity contribution < 1.29 is 9.18 Å². The zero-order valence-electron chi connectivity index (χ0n) is 11.7. The quantitative estimate of drug-likeness (QED) is 0.530. The van der Waals surface area contributed by atoms with Crippen LogP contribution in [-0.4, -0.2) is 19.3 Å². The second-order valence-electron chi connectivity index (χ2n) is 4.75. The molecule has 0 spiro atoms. The lowest BCUT2D eigenvalue weighted by Gasteiger charge is -2.07. The molecule has 3 rings (SSSR count). The number of aromatic nitrogens is 3. The second-order valence-corrected chi connectivity index (χ2v) is 5.56. The van der Waals surface area contributed by atoms with E-state index in [4.69, 9.17) is 0 Å². The number of ketones is 1. The average molecular weight is 319 g/mol. The molecule has 0 aliphatic rings. The smallest absolute Gasteiger partial charge is 0.293 e. The first-order chi connectivity index (χ1) is 10.4. The minimum absolute atomic E-state index is 0.206. The van der Waals surface area contributed by atoms with Crippen LogP contribution in [0, 0.1) is 5.95 Å². The molecule has 0 bridgehead atoms. The molecule has 112 valence electrons. The summed E-state index contributed by atoms with van der Waals surface area (Å²) < 4.78 is 19.8. The fourth-order valence-corrected chi connectivity index (χ4v) is 2.96. The maximum absolute atomic E-state index is 13.4. The van der Waals surface area contributed by atoms with E-state index < -0.39 is 17.2 Å². The molecule has 0 atom stereocenters. The average Bonchev–Trinajstić information content (AvgIpc) is 2.88. The van der Waals surface area contributed by atoms with Gasteiger partial charge in [-0.05, 0) is 29.7 Å². The lowest BCUT2D eigenvalue weighted by molar-refractivity contribution is 0.101. The van der Waals surface area contributed by atoms with E-state index in [1.165, 1.54) is 20.0 Å². The third-order valence-electron chi connectivity index (χ3n) is 3.31. The predicted octanol–water partition coefficient (Wildman–Crippen LogP) is 1.49. The van der Waals surface area contributed by atoms with Crippen LogP contribution in [0.5, 0.6) is 0 Å². The van der Waals surface area contributed by atoms with Crippen molar-refractivity contribution in [3.05, 3.63) is 56.7 Å². The highest BCUT2D eigenvalue weighted by atomic mass is 32.1. The normalized spacial score (nSPS) is 11.0. The van der Waals surface area contributed by atoms with Gasteiger partial charge in [-0.25, -0.2) is 9.36 Å². The van der Waals surface area contributed by atoms with Crippen LogP contribution in [0.15, 0.2) is 33.9 Å². The first kappa shape index (κ1) is 14.3. The molecule has 0 aliphatic heterocycles. The van der Waals surface area contributed by atoms with Gasteiger partial charge >= 0.3 is 5.69 Å². The molecule has 0 radical (unpaired) electrons. The van der Waals surface area contributed by atoms with E-state index >= 15 is 0 Å². The van der Waals surface area contributed by atoms with Crippen molar-refractivity contribution in [1.82, 2.24) is 13.5 Å². The number of benzene rings is 1. The Hall–Kier alpha value is -2.61. The molecule has 0 N–H and O–H groups in total. The van der Waals surface area contributed by atoms with Gasteiger partial charge in [-0.2, -0.15) is 8.76 Å². The van der Waals surface area contributed by atoms with Gasteiger partial charge in [-0.3, -0.25) is 14.2 Å². The molecule has 2 aromatic heterocycles. The molecule has 3 aromatic rings. The van der Waals surface area contributed by atoms with E-state index in [9.17, 15) is 18.8 Å². The largest absolute Gasteiger partial charge is 0.337 e. The van der Waals surface area contributed by atoms with Gasteiger partial charge < -0.3 is 0 Å². The zero-order chi connectivity index (χ0) is 16.0. The summed E-state index contributed by atoms with van der Waals surface area (Å²) in [6, 6.07) is 5.51. The Morgan fingerprint density at radius 2 is 2.00 bits per heavy atom. The van der Waals surface area contributed by atoms with Gasteiger partial charge in [0.1, 0.15) is 5.69 Å². The van der Waals surface area contributed by atoms with E-state index in [2.05, 4.69) is 4.37 Å². The molecule has 8 heteroatoms. The number of fused-ring (bicyclic) bond motifs is 1. The van der Waals surface area contributed by atoms with Crippen molar-refractivity contribution in [3.8, 4) is 5.69 Å². The molecule has 6 nitrogen and oxygen atoms in total. The van der Waals surface area contributed by atoms with Gasteiger partial charge in [0.15, 0.2) is 5.78 Å². The first-order valence-corrected chi connectivity index (χ1v) is 7.07. The van der Waals surface area contributed by atoms with Crippen LogP contribution in [-0.2, 0) is 7.05 Å². The monoisotopic (exact) mass is 319 g/mol. The molecule has 22 heavy (non-hydrogen) atoms. The van der Waals surface area contributed by atoms with E-state index in [1.54, 1.807) is 12.1 Å². The van der Waals surface area contributed by atoms with E-state index in [0.29, 0.717) is 5.39 Å². The zero-order valence-corrected chi connectivity index (χ0v) is 12.5. The first-order valence-electron chi connectivity index (χ1n) is 6.29. The number of hydrogen-bond donors (Lipinski definition) is 0. The van der Waals surface area contributed by atoms with Gasteiger partial charge in [0.05, 0.1) is 16.5 Å². The van der Waals surface area contributed by atoms with E-state index in [0.717, 1.165) is 31.4 Å². The fraction of sp³-hybridized carbons (Fsp3) is 0.143. The van der Waals surface area contributed by atoms with Crippen LogP contribution in [0.3, 0.4) is 0 Å². The summed E-state index contributed by atoms with van der Waals surface area (Å²) >= 11 is 1.16. The highest BCUT2D eigenvalue weighted by molar-refractivity contribution is 7.13. The summed E-state index contributed by atoms with van der Waals surface area (Å²) in [5.41, 5.74) is -1.01. The van der Waals surface area contributed by atoms with Crippen molar-refractivity contribution >= 4 is 27.4 Å². The van der Waals surface area contributed by atoms with Crippen molar-refractivity contribution in [3.63, 3.8) is 0 Å². The van der Waals surface area contributed by atoms with Crippen LogP contribution in [0.2, 0.25) is 0 Å². The molecule has 0 aliphatic carbocycles. The number of Topliss-reactive ketones (excluding diaryl/α,β-unsaturated/α-hetero) is 1. The number of hydrogen-bond acceptors (Lipinski definition) is 5. The third-order valence-corrected chi connectivity index (χ3v) is 4.13. The van der Waals surface area contributed by atoms with Crippen molar-refractivity contribution in [2.24, 2.45) is 7.05 Å². The van der Waals surface area contributed by atoms with Crippen LogP contribution < -0.4 is 11.2 Å². The molecule has 1 aromatic carbocycles. The molecule has 0 saturated heterocycles. The highest BCUT2D eigenvalue weighted by Crippen LogP contribution is 2.25. The molecule has 2 heterocycles. The lowest BCUT2D eigenvalue weighted by atomic mass is 10.1. The SMILES string of the molecule is CC(=O)c1nsc2ccc(-n3c(=O)cc(F)n(C)c3=O)cc12. The van der Waals surface area contributed by atoms with E-state index in [1.807, 2.05) is 0 Å². The fourth-order valence-electron chi connectivity index (χ4n) is 2.16. The number of carbonyl (C=O) groups is 1. The predicted molar refractivity (Wildman–Crippen MR) is 80.4 cm³/mol. The summed E-state index contributed by atoms with van der Waals surface area (Å²) in [7, 11) is 1.24. The highest BCUT2D eigenvalue weighted by Gasteiger charge is 2.14. The number of nitrogens with zero attached hydrogens (tertiary/aromatic N) is 3. The summed E-state index contributed by atoms with van der Waals surface area (Å²) in [4.78, 5) is 35.6. The van der Waals surface area contributed by atoms with Crippen molar-refractivity contribution in [1.29, 1.82) is 0 Å². The molecule has 0 unspecified atom stereocenters. The second kappa shape index (κ2) is 4.99. The summed E-state index contributed by atoms with van der Waals surface area (Å²) in [5.74, 6) is -1.11. The Morgan fingerprint density at radius 1 is 1.27 bits per heavy atom. The summed E-state index contributed by atoms with van der Waals surface area (Å²) in [6.07, 6.45) is 0. The maximum atomic E-state index is 13.4. The molecule has 0 fully saturated rings. The van der Waals surface area contributed by atoms with Gasteiger partial charge in [-0.1, -0.05) is 0 Å². The van der Waals surface area contributed by atoms with Crippen molar-refractivity contribution in [2.45, 2.75) is 6.92 Å². The van der Waals surface area contributed by atoms with Gasteiger partial charge in [0.25, 0.3) is 5.56 Å². The van der Waals surface area contributed by atoms with Gasteiger partial charge in [0.2, 0.25) is 5.95 Å². The summed E-state index contributed by atoms with van der Waals surface area (Å²) in [5, 5.41) is 0.563. The number of carbonyl (C=O) groups excluding carboxylic acids is 1. The standard InChI is InChI=1S/C14H10FN3O3S/c1-7(19)13-9-5-8(3-4-10(9)22-16-13)18-12(20)6-11(15)17(2)14(18)21/h3-6H,1-2H3. The van der Waals surface area contributed by atoms with Crippen LogP contribution in [0.1, 0.15) is 17.4 Å². The van der Waals surface area contributed by atoms with Crippen molar-refractivity contribution in [2.75, 3.05) is 0 Å².